The monoisotopic (exact) mass is 760 g/mol. The van der Waals surface area contributed by atoms with Crippen LogP contribution in [0.15, 0.2) is 66.7 Å². The maximum atomic E-state index is 15.3. The molecule has 1 heterocycles. The lowest BCUT2D eigenvalue weighted by Crippen LogP contribution is -2.90. The van der Waals surface area contributed by atoms with Crippen molar-refractivity contribution < 1.29 is 22.7 Å². The first kappa shape index (κ1) is 35.4. The van der Waals surface area contributed by atoms with E-state index in [0.717, 1.165) is 60.7 Å². The van der Waals surface area contributed by atoms with Crippen molar-refractivity contribution in [2.24, 2.45) is 22.7 Å². The van der Waals surface area contributed by atoms with Crippen molar-refractivity contribution >= 4 is 33.2 Å². The van der Waals surface area contributed by atoms with Crippen LogP contribution in [0.4, 0.5) is 0 Å². The predicted octanol–water partition coefficient (Wildman–Crippen LogP) is 6.69. The Kier molecular flexibility index (Phi) is 8.22. The number of piperidine rings is 2. The van der Waals surface area contributed by atoms with E-state index in [2.05, 4.69) is 69.5 Å². The number of carbonyl (C=O) groups is 2. The first-order valence-electron chi connectivity index (χ1n) is 20.5. The van der Waals surface area contributed by atoms with Gasteiger partial charge in [0, 0.05) is 55.7 Å². The number of nitrogens with one attached hydrogen (secondary N) is 2. The maximum Gasteiger partial charge on any atom is 0.303 e. The number of rotatable bonds is 9. The molecule has 10 heteroatoms. The Labute approximate surface area is 325 Å². The number of amides is 2. The van der Waals surface area contributed by atoms with Crippen LogP contribution in [0.5, 0.6) is 5.75 Å². The molecule has 55 heavy (non-hydrogen) atoms. The third-order valence-electron chi connectivity index (χ3n) is 15.1. The summed E-state index contributed by atoms with van der Waals surface area (Å²) >= 11 is 0. The molecule has 3 aromatic rings. The molecule has 0 bridgehead atoms. The minimum Gasteiger partial charge on any atom is -0.497 e. The number of ether oxygens (including phenoxy) is 1. The number of hydrogen-bond donors (Lipinski definition) is 2. The van der Waals surface area contributed by atoms with Gasteiger partial charge in [-0.3, -0.25) is 9.59 Å². The highest BCUT2D eigenvalue weighted by Gasteiger charge is 2.79. The predicted molar refractivity (Wildman–Crippen MR) is 212 cm³/mol. The molecule has 6 aliphatic carbocycles. The zero-order valence-corrected chi connectivity index (χ0v) is 33.0. The number of carbonyl (C=O) groups excluding carboxylic acids is 2. The SMILES string of the molecule is COc1ccc2c(c1)C1CC1(C(=O)N1C3CCC34C(NCc3ccccc3)CC14)CC1Cc3cc(C(=O)NS(=O)(=O)N(C)C)ccc3C(C3CCCCC3)=C21. The summed E-state index contributed by atoms with van der Waals surface area (Å²) in [7, 11) is 0.597. The van der Waals surface area contributed by atoms with Crippen LogP contribution in [0.3, 0.4) is 0 Å². The number of allylic oxidation sites excluding steroid dienone is 2. The van der Waals surface area contributed by atoms with Crippen molar-refractivity contribution in [1.29, 1.82) is 0 Å². The van der Waals surface area contributed by atoms with Gasteiger partial charge >= 0.3 is 10.2 Å². The molecular formula is C45H52N4O5S. The molecule has 2 N–H and O–H groups in total. The third-order valence-corrected chi connectivity index (χ3v) is 16.5. The fourth-order valence-electron chi connectivity index (χ4n) is 12.1. The Balaban J connectivity index is 1.01. The average Bonchev–Trinajstić information content (AvgIpc) is 3.91. The fraction of sp³-hybridized carbons (Fsp3) is 0.511. The Hall–Kier alpha value is -3.99. The number of hydrogen-bond acceptors (Lipinski definition) is 6. The third kappa shape index (κ3) is 5.26. The largest absolute Gasteiger partial charge is 0.497 e. The lowest BCUT2D eigenvalue weighted by Gasteiger charge is -2.80. The quantitative estimate of drug-likeness (QED) is 0.252. The van der Waals surface area contributed by atoms with Crippen LogP contribution in [-0.4, -0.2) is 68.8 Å². The van der Waals surface area contributed by atoms with Gasteiger partial charge in [-0.2, -0.15) is 12.7 Å². The Bertz CT molecular complexity index is 2220. The lowest BCUT2D eigenvalue weighted by atomic mass is 9.40. The first-order chi connectivity index (χ1) is 26.6. The van der Waals surface area contributed by atoms with E-state index in [1.165, 1.54) is 73.2 Å². The number of benzene rings is 3. The summed E-state index contributed by atoms with van der Waals surface area (Å²) in [5.74, 6) is 1.18. The van der Waals surface area contributed by atoms with E-state index < -0.39 is 21.5 Å². The van der Waals surface area contributed by atoms with E-state index in [1.807, 2.05) is 6.07 Å². The second-order valence-electron chi connectivity index (χ2n) is 17.8. The highest BCUT2D eigenvalue weighted by atomic mass is 32.2. The van der Waals surface area contributed by atoms with Crippen LogP contribution < -0.4 is 14.8 Å². The van der Waals surface area contributed by atoms with Crippen LogP contribution in [0.2, 0.25) is 0 Å². The molecule has 3 aromatic carbocycles. The molecule has 0 radical (unpaired) electrons. The molecule has 1 spiro atoms. The summed E-state index contributed by atoms with van der Waals surface area (Å²) in [6, 6.07) is 24.0. The number of methoxy groups -OCH3 is 1. The van der Waals surface area contributed by atoms with Crippen molar-refractivity contribution in [3.63, 3.8) is 0 Å². The van der Waals surface area contributed by atoms with Crippen LogP contribution in [0, 0.1) is 22.7 Å². The zero-order chi connectivity index (χ0) is 37.9. The summed E-state index contributed by atoms with van der Waals surface area (Å²) in [6.07, 6.45) is 11.5. The van der Waals surface area contributed by atoms with Gasteiger partial charge in [-0.1, -0.05) is 61.7 Å². The minimum absolute atomic E-state index is 0.103. The minimum atomic E-state index is -3.94. The van der Waals surface area contributed by atoms with Crippen molar-refractivity contribution in [3.8, 4) is 5.75 Å². The van der Waals surface area contributed by atoms with Gasteiger partial charge in [0.1, 0.15) is 5.75 Å². The van der Waals surface area contributed by atoms with E-state index in [-0.39, 0.29) is 17.3 Å². The van der Waals surface area contributed by atoms with Crippen LogP contribution >= 0.6 is 0 Å². The summed E-state index contributed by atoms with van der Waals surface area (Å²) < 4.78 is 34.3. The summed E-state index contributed by atoms with van der Waals surface area (Å²) in [5, 5.41) is 3.87. The van der Waals surface area contributed by atoms with Crippen molar-refractivity contribution in [1.82, 2.24) is 19.2 Å². The van der Waals surface area contributed by atoms with Gasteiger partial charge in [-0.25, -0.2) is 4.72 Å². The molecular weight excluding hydrogens is 709 g/mol. The van der Waals surface area contributed by atoms with Gasteiger partial charge in [0.2, 0.25) is 5.91 Å². The van der Waals surface area contributed by atoms with Crippen LogP contribution in [0.25, 0.3) is 11.1 Å². The topological polar surface area (TPSA) is 108 Å². The Morgan fingerprint density at radius 1 is 0.891 bits per heavy atom. The van der Waals surface area contributed by atoms with Gasteiger partial charge in [0.05, 0.1) is 12.5 Å². The molecule has 2 amide bonds. The van der Waals surface area contributed by atoms with E-state index in [1.54, 1.807) is 13.2 Å². The zero-order valence-electron chi connectivity index (χ0n) is 32.1. The summed E-state index contributed by atoms with van der Waals surface area (Å²) in [6.45, 7) is 0.863. The summed E-state index contributed by atoms with van der Waals surface area (Å²) in [4.78, 5) is 31.0. The number of fused-ring (bicyclic) bond motifs is 6. The Morgan fingerprint density at radius 2 is 1.65 bits per heavy atom. The highest BCUT2D eigenvalue weighted by Crippen LogP contribution is 2.74. The van der Waals surface area contributed by atoms with Gasteiger partial charge in [0.25, 0.3) is 5.91 Å². The Morgan fingerprint density at radius 3 is 2.36 bits per heavy atom. The first-order valence-corrected chi connectivity index (χ1v) is 21.9. The highest BCUT2D eigenvalue weighted by molar-refractivity contribution is 7.87. The molecule has 9 nitrogen and oxygen atoms in total. The lowest BCUT2D eigenvalue weighted by molar-refractivity contribution is -0.275. The van der Waals surface area contributed by atoms with Gasteiger partial charge in [-0.05, 0) is 126 Å². The molecule has 5 fully saturated rings. The molecule has 0 aromatic heterocycles. The average molecular weight is 761 g/mol. The molecule has 7 atom stereocenters. The van der Waals surface area contributed by atoms with Crippen molar-refractivity contribution in [2.45, 2.75) is 101 Å². The molecule has 7 unspecified atom stereocenters. The standard InChI is InChI=1S/C45H52N4O5S/c1-48(2)55(52,53)47-42(50)29-14-16-33-30(20-29)21-31-24-44(43(51)49-38-18-19-45(38)37(23-39(45)49)46-26-27-10-6-4-7-11-27)25-36(44)35-22-32(54-3)15-17-34(35)41(31)40(33)28-12-8-5-9-13-28/h4,6-7,10-11,14-17,20,22,28,31,36-39,46H,5,8-9,12-13,18-19,21,23-26H2,1-3H3,(H,47,50). The number of likely N-dealkylation sites (tertiary alicyclic amines) is 1. The second kappa shape index (κ2) is 12.8. The molecule has 10 rings (SSSR count). The van der Waals surface area contributed by atoms with Crippen molar-refractivity contribution in [2.75, 3.05) is 21.2 Å². The van der Waals surface area contributed by atoms with Gasteiger partial charge in [-0.15, -0.1) is 0 Å². The van der Waals surface area contributed by atoms with Gasteiger partial charge < -0.3 is 15.0 Å². The molecule has 4 saturated carbocycles. The second-order valence-corrected chi connectivity index (χ2v) is 19.7. The molecule has 1 saturated heterocycles. The van der Waals surface area contributed by atoms with E-state index in [9.17, 15) is 13.2 Å². The van der Waals surface area contributed by atoms with Crippen LogP contribution in [-0.2, 0) is 28.0 Å². The van der Waals surface area contributed by atoms with E-state index in [4.69, 9.17) is 4.74 Å². The van der Waals surface area contributed by atoms with Crippen LogP contribution in [0.1, 0.15) is 108 Å². The smallest absolute Gasteiger partial charge is 0.303 e. The maximum absolute atomic E-state index is 15.3. The molecule has 7 aliphatic rings. The normalized spacial score (nSPS) is 31.5. The number of nitrogens with zero attached hydrogens (tertiary/aromatic N) is 2. The molecule has 288 valence electrons. The van der Waals surface area contributed by atoms with Gasteiger partial charge in [0.15, 0.2) is 0 Å². The van der Waals surface area contributed by atoms with E-state index >= 15 is 4.79 Å². The fourth-order valence-corrected chi connectivity index (χ4v) is 12.7. The molecule has 1 aliphatic heterocycles. The summed E-state index contributed by atoms with van der Waals surface area (Å²) in [5.41, 5.74) is 8.93. The van der Waals surface area contributed by atoms with E-state index in [0.29, 0.717) is 41.9 Å². The van der Waals surface area contributed by atoms with Crippen molar-refractivity contribution in [3.05, 3.63) is 100 Å².